The van der Waals surface area contributed by atoms with Crippen molar-refractivity contribution in [2.75, 3.05) is 0 Å². The summed E-state index contributed by atoms with van der Waals surface area (Å²) in [5.41, 5.74) is 6.55. The highest BCUT2D eigenvalue weighted by Crippen LogP contribution is 2.77. The molecule has 3 aliphatic rings. The van der Waals surface area contributed by atoms with E-state index in [-0.39, 0.29) is 48.9 Å². The smallest absolute Gasteiger partial charge is 0.309 e. The molecule has 32 heavy (non-hydrogen) atoms. The number of hydrogen-bond acceptors (Lipinski definition) is 5. The fourth-order valence-corrected chi connectivity index (χ4v) is 5.50. The quantitative estimate of drug-likeness (QED) is 0.660. The molecule has 0 aromatic heterocycles. The molecule has 5 nitrogen and oxygen atoms in total. The van der Waals surface area contributed by atoms with Gasteiger partial charge in [0.05, 0.1) is 11.8 Å². The van der Waals surface area contributed by atoms with Gasteiger partial charge in [-0.2, -0.15) is 0 Å². The summed E-state index contributed by atoms with van der Waals surface area (Å²) in [4.78, 5) is 25.5. The predicted octanol–water partition coefficient (Wildman–Crippen LogP) is 3.77. The molecule has 6 unspecified atom stereocenters. The van der Waals surface area contributed by atoms with E-state index in [1.807, 2.05) is 0 Å². The van der Waals surface area contributed by atoms with Crippen LogP contribution in [0.3, 0.4) is 0 Å². The van der Waals surface area contributed by atoms with Crippen LogP contribution in [0.15, 0.2) is 48.5 Å². The van der Waals surface area contributed by atoms with E-state index < -0.39 is 35.4 Å². The first-order valence-corrected chi connectivity index (χ1v) is 10.5. The summed E-state index contributed by atoms with van der Waals surface area (Å²) in [6.07, 6.45) is 1.35. The van der Waals surface area contributed by atoms with Gasteiger partial charge in [-0.3, -0.25) is 9.59 Å². The summed E-state index contributed by atoms with van der Waals surface area (Å²) in [5.74, 6) is -2.81. The number of fused-ring (bicyclic) bond motifs is 2. The van der Waals surface area contributed by atoms with Crippen molar-refractivity contribution in [2.45, 2.75) is 32.1 Å². The molecular formula is C24H24ClF2NO4. The van der Waals surface area contributed by atoms with Gasteiger partial charge in [0, 0.05) is 17.2 Å². The summed E-state index contributed by atoms with van der Waals surface area (Å²) in [6, 6.07) is 12.2. The van der Waals surface area contributed by atoms with Crippen molar-refractivity contribution in [3.05, 3.63) is 71.3 Å². The van der Waals surface area contributed by atoms with Crippen molar-refractivity contribution < 1.29 is 27.8 Å². The maximum absolute atomic E-state index is 13.8. The minimum absolute atomic E-state index is 0. The Bertz CT molecular complexity index is 1050. The van der Waals surface area contributed by atoms with Gasteiger partial charge < -0.3 is 15.2 Å². The van der Waals surface area contributed by atoms with Gasteiger partial charge in [0.1, 0.15) is 24.8 Å². The van der Waals surface area contributed by atoms with Gasteiger partial charge in [0.15, 0.2) is 0 Å². The van der Waals surface area contributed by atoms with Gasteiger partial charge >= 0.3 is 11.9 Å². The monoisotopic (exact) mass is 463 g/mol. The zero-order chi connectivity index (χ0) is 21.8. The van der Waals surface area contributed by atoms with Crippen LogP contribution < -0.4 is 5.73 Å². The molecule has 2 N–H and O–H groups in total. The fourth-order valence-electron chi connectivity index (χ4n) is 5.50. The molecule has 3 saturated carbocycles. The molecule has 3 aliphatic carbocycles. The van der Waals surface area contributed by atoms with Gasteiger partial charge in [-0.25, -0.2) is 8.78 Å². The highest BCUT2D eigenvalue weighted by Gasteiger charge is 2.79. The van der Waals surface area contributed by atoms with E-state index in [1.54, 1.807) is 36.4 Å². The molecule has 3 fully saturated rings. The first-order chi connectivity index (χ1) is 14.9. The Morgan fingerprint density at radius 1 is 0.906 bits per heavy atom. The van der Waals surface area contributed by atoms with Crippen LogP contribution in [0.2, 0.25) is 0 Å². The van der Waals surface area contributed by atoms with Crippen molar-refractivity contribution in [1.29, 1.82) is 0 Å². The fraction of sp³-hybridized carbons (Fsp3) is 0.417. The van der Waals surface area contributed by atoms with Crippen molar-refractivity contribution in [2.24, 2.45) is 34.8 Å². The third-order valence-corrected chi connectivity index (χ3v) is 7.21. The normalized spacial score (nSPS) is 31.4. The molecule has 2 aromatic carbocycles. The number of hydrogen-bond donors (Lipinski definition) is 1. The zero-order valence-corrected chi connectivity index (χ0v) is 18.0. The predicted molar refractivity (Wildman–Crippen MR) is 113 cm³/mol. The summed E-state index contributed by atoms with van der Waals surface area (Å²) in [7, 11) is 0. The Balaban J connectivity index is 0.00000245. The summed E-state index contributed by atoms with van der Waals surface area (Å²) < 4.78 is 38.4. The zero-order valence-electron chi connectivity index (χ0n) is 17.2. The largest absolute Gasteiger partial charge is 0.460 e. The lowest BCUT2D eigenvalue weighted by molar-refractivity contribution is -0.152. The van der Waals surface area contributed by atoms with Gasteiger partial charge in [-0.05, 0) is 42.2 Å². The molecule has 0 bridgehead atoms. The lowest BCUT2D eigenvalue weighted by Crippen LogP contribution is -2.26. The number of ether oxygens (including phenoxy) is 2. The van der Waals surface area contributed by atoms with E-state index in [1.165, 1.54) is 12.1 Å². The summed E-state index contributed by atoms with van der Waals surface area (Å²) >= 11 is 0. The summed E-state index contributed by atoms with van der Waals surface area (Å²) in [6.45, 7) is -0.302. The third kappa shape index (κ3) is 3.77. The highest BCUT2D eigenvalue weighted by molar-refractivity contribution is 5.85. The van der Waals surface area contributed by atoms with Crippen LogP contribution in [0.4, 0.5) is 8.78 Å². The Morgan fingerprint density at radius 2 is 1.41 bits per heavy atom. The second-order valence-corrected chi connectivity index (χ2v) is 8.88. The molecule has 0 radical (unpaired) electrons. The van der Waals surface area contributed by atoms with Crippen LogP contribution in [0.5, 0.6) is 0 Å². The van der Waals surface area contributed by atoms with E-state index in [0.717, 1.165) is 6.42 Å². The van der Waals surface area contributed by atoms with Crippen molar-refractivity contribution in [3.8, 4) is 0 Å². The first-order valence-electron chi connectivity index (χ1n) is 10.5. The van der Waals surface area contributed by atoms with E-state index in [0.29, 0.717) is 17.5 Å². The van der Waals surface area contributed by atoms with Crippen molar-refractivity contribution in [3.63, 3.8) is 0 Å². The molecule has 5 rings (SSSR count). The van der Waals surface area contributed by atoms with E-state index in [2.05, 4.69) is 0 Å². The maximum Gasteiger partial charge on any atom is 0.309 e. The third-order valence-electron chi connectivity index (χ3n) is 7.21. The van der Waals surface area contributed by atoms with Gasteiger partial charge in [0.2, 0.25) is 0 Å². The number of esters is 2. The number of carbonyl (C=O) groups is 2. The van der Waals surface area contributed by atoms with Crippen LogP contribution >= 0.6 is 12.4 Å². The Labute approximate surface area is 190 Å². The number of rotatable bonds is 6. The number of carbonyl (C=O) groups excluding carboxylic acids is 2. The molecule has 0 amide bonds. The number of nitrogens with two attached hydrogens (primary N) is 1. The average molecular weight is 464 g/mol. The average Bonchev–Trinajstić information content (AvgIpc) is 3.61. The molecule has 0 heterocycles. The highest BCUT2D eigenvalue weighted by atomic mass is 35.5. The van der Waals surface area contributed by atoms with E-state index >= 15 is 0 Å². The van der Waals surface area contributed by atoms with Crippen LogP contribution in [0.1, 0.15) is 24.0 Å². The topological polar surface area (TPSA) is 78.6 Å². The van der Waals surface area contributed by atoms with Gasteiger partial charge in [-0.15, -0.1) is 12.4 Å². The Kier molecular flexibility index (Phi) is 5.98. The van der Waals surface area contributed by atoms with Crippen LogP contribution in [0.25, 0.3) is 0 Å². The molecule has 0 aliphatic heterocycles. The van der Waals surface area contributed by atoms with E-state index in [4.69, 9.17) is 15.2 Å². The van der Waals surface area contributed by atoms with Crippen molar-refractivity contribution in [1.82, 2.24) is 0 Å². The lowest BCUT2D eigenvalue weighted by Gasteiger charge is -2.18. The molecule has 1 spiro atoms. The minimum Gasteiger partial charge on any atom is -0.460 e. The number of halogens is 3. The lowest BCUT2D eigenvalue weighted by atomic mass is 9.90. The van der Waals surface area contributed by atoms with Gasteiger partial charge in [0.25, 0.3) is 0 Å². The second-order valence-electron chi connectivity index (χ2n) is 8.88. The van der Waals surface area contributed by atoms with Crippen LogP contribution in [0, 0.1) is 40.7 Å². The first kappa shape index (κ1) is 22.7. The van der Waals surface area contributed by atoms with Gasteiger partial charge in [-0.1, -0.05) is 36.4 Å². The second kappa shape index (κ2) is 8.45. The summed E-state index contributed by atoms with van der Waals surface area (Å²) in [5, 5.41) is 0. The Morgan fingerprint density at radius 3 is 1.91 bits per heavy atom. The minimum atomic E-state index is -0.462. The van der Waals surface area contributed by atoms with Crippen LogP contribution in [-0.4, -0.2) is 18.0 Å². The molecule has 8 heteroatoms. The molecule has 0 saturated heterocycles. The Hall–Kier alpha value is -2.51. The molecule has 6 atom stereocenters. The maximum atomic E-state index is 13.8. The molecule has 2 aromatic rings. The standard InChI is InChI=1S/C24H23F2NO4.ClH/c25-16-7-3-1-5-13(16)11-30-22(28)15-9-24(10-18(24)27)21-19(15)20(21)23(29)31-12-14-6-2-4-8-17(14)26;/h1-8,15,18-21H,9-12,27H2;1H. The molecule has 170 valence electrons. The van der Waals surface area contributed by atoms with Crippen LogP contribution in [-0.2, 0) is 32.3 Å². The van der Waals surface area contributed by atoms with Crippen molar-refractivity contribution >= 4 is 24.3 Å². The van der Waals surface area contributed by atoms with E-state index in [9.17, 15) is 18.4 Å². The SMILES string of the molecule is Cl.NC1CC12CC(C(=O)OCc1ccccc1F)C1C(C(=O)OCc3ccccc3F)C12. The number of benzene rings is 2. The molecular weight excluding hydrogens is 440 g/mol.